The summed E-state index contributed by atoms with van der Waals surface area (Å²) in [7, 11) is 3.41. The highest BCUT2D eigenvalue weighted by Gasteiger charge is 2.15. The van der Waals surface area contributed by atoms with Crippen molar-refractivity contribution < 1.29 is 9.53 Å². The van der Waals surface area contributed by atoms with E-state index in [1.54, 1.807) is 18.3 Å². The number of nitrogens with one attached hydrogen (secondary N) is 1. The Hall–Kier alpha value is -3.34. The Bertz CT molecular complexity index is 1010. The second-order valence-electron chi connectivity index (χ2n) is 8.09. The van der Waals surface area contributed by atoms with Gasteiger partial charge in [0.25, 0.3) is 0 Å². The Morgan fingerprint density at radius 1 is 1.00 bits per heavy atom. The Balaban J connectivity index is 1.42. The third kappa shape index (κ3) is 5.05. The highest BCUT2D eigenvalue weighted by molar-refractivity contribution is 5.90. The number of ether oxygens (including phenoxy) is 1. The molecule has 1 aliphatic carbocycles. The molecule has 0 amide bonds. The zero-order valence-electron chi connectivity index (χ0n) is 18.2. The average molecular weight is 416 g/mol. The molecule has 1 heterocycles. The number of carbonyl (C=O) groups is 1. The number of aromatic nitrogens is 1. The highest BCUT2D eigenvalue weighted by atomic mass is 16.5. The van der Waals surface area contributed by atoms with Crippen molar-refractivity contribution in [3.05, 3.63) is 78.0 Å². The summed E-state index contributed by atoms with van der Waals surface area (Å²) < 4.78 is 4.78. The van der Waals surface area contributed by atoms with E-state index in [2.05, 4.69) is 39.5 Å². The van der Waals surface area contributed by atoms with Gasteiger partial charge < -0.3 is 15.0 Å². The van der Waals surface area contributed by atoms with Crippen molar-refractivity contribution in [2.45, 2.75) is 38.0 Å². The number of benzene rings is 2. The SMILES string of the molecule is COC(=O)c1cccc(Nc2ccc(N(C)c3ccc(C4CCCCC4)cc3)nc2)c1. The first kappa shape index (κ1) is 20.9. The maximum absolute atomic E-state index is 11.7. The van der Waals surface area contributed by atoms with Gasteiger partial charge in [-0.15, -0.1) is 0 Å². The predicted molar refractivity (Wildman–Crippen MR) is 126 cm³/mol. The molecule has 1 aromatic heterocycles. The molecule has 0 aliphatic heterocycles. The van der Waals surface area contributed by atoms with Crippen LogP contribution in [0.25, 0.3) is 0 Å². The van der Waals surface area contributed by atoms with Crippen LogP contribution < -0.4 is 10.2 Å². The van der Waals surface area contributed by atoms with E-state index < -0.39 is 0 Å². The third-order valence-corrected chi connectivity index (χ3v) is 6.02. The molecule has 4 rings (SSSR count). The number of nitrogens with zero attached hydrogens (tertiary/aromatic N) is 2. The summed E-state index contributed by atoms with van der Waals surface area (Å²) in [4.78, 5) is 18.4. The number of methoxy groups -OCH3 is 1. The summed E-state index contributed by atoms with van der Waals surface area (Å²) in [5.74, 6) is 1.24. The molecule has 31 heavy (non-hydrogen) atoms. The molecule has 1 N–H and O–H groups in total. The van der Waals surface area contributed by atoms with Gasteiger partial charge in [-0.25, -0.2) is 9.78 Å². The monoisotopic (exact) mass is 415 g/mol. The van der Waals surface area contributed by atoms with Crippen molar-refractivity contribution in [2.75, 3.05) is 24.4 Å². The van der Waals surface area contributed by atoms with Gasteiger partial charge in [0.1, 0.15) is 5.82 Å². The van der Waals surface area contributed by atoms with E-state index in [4.69, 9.17) is 4.74 Å². The van der Waals surface area contributed by atoms with Crippen LogP contribution in [0.2, 0.25) is 0 Å². The van der Waals surface area contributed by atoms with E-state index in [0.717, 1.165) is 22.9 Å². The molecule has 1 saturated carbocycles. The van der Waals surface area contributed by atoms with Crippen LogP contribution in [0.3, 0.4) is 0 Å². The quantitative estimate of drug-likeness (QED) is 0.470. The van der Waals surface area contributed by atoms with Crippen molar-refractivity contribution in [3.8, 4) is 0 Å². The molecule has 0 saturated heterocycles. The fourth-order valence-electron chi connectivity index (χ4n) is 4.21. The van der Waals surface area contributed by atoms with Crippen LogP contribution in [0.5, 0.6) is 0 Å². The van der Waals surface area contributed by atoms with Crippen LogP contribution in [-0.2, 0) is 4.74 Å². The van der Waals surface area contributed by atoms with E-state index >= 15 is 0 Å². The van der Waals surface area contributed by atoms with Gasteiger partial charge in [-0.3, -0.25) is 0 Å². The normalized spacial score (nSPS) is 14.1. The Kier molecular flexibility index (Phi) is 6.51. The van der Waals surface area contributed by atoms with Gasteiger partial charge in [-0.2, -0.15) is 0 Å². The largest absolute Gasteiger partial charge is 0.465 e. The number of anilines is 4. The van der Waals surface area contributed by atoms with Gasteiger partial charge in [0.05, 0.1) is 24.6 Å². The molecule has 3 aromatic rings. The summed E-state index contributed by atoms with van der Waals surface area (Å²) >= 11 is 0. The van der Waals surface area contributed by atoms with Crippen LogP contribution in [0.4, 0.5) is 22.9 Å². The number of pyridine rings is 1. The maximum Gasteiger partial charge on any atom is 0.337 e. The number of carbonyl (C=O) groups excluding carboxylic acids is 1. The lowest BCUT2D eigenvalue weighted by Crippen LogP contribution is -2.11. The minimum absolute atomic E-state index is 0.353. The third-order valence-electron chi connectivity index (χ3n) is 6.02. The van der Waals surface area contributed by atoms with Crippen LogP contribution in [0.15, 0.2) is 66.9 Å². The van der Waals surface area contributed by atoms with Gasteiger partial charge in [0.2, 0.25) is 0 Å². The lowest BCUT2D eigenvalue weighted by Gasteiger charge is -2.23. The summed E-state index contributed by atoms with van der Waals surface area (Å²) in [5, 5.41) is 3.28. The van der Waals surface area contributed by atoms with E-state index in [0.29, 0.717) is 11.5 Å². The number of hydrogen-bond donors (Lipinski definition) is 1. The number of rotatable bonds is 6. The van der Waals surface area contributed by atoms with Crippen LogP contribution in [-0.4, -0.2) is 25.1 Å². The van der Waals surface area contributed by atoms with E-state index in [1.807, 2.05) is 31.3 Å². The molecule has 0 atom stereocenters. The molecule has 5 nitrogen and oxygen atoms in total. The molecule has 0 radical (unpaired) electrons. The van der Waals surface area contributed by atoms with Gasteiger partial charge >= 0.3 is 5.97 Å². The van der Waals surface area contributed by atoms with Gasteiger partial charge in [0, 0.05) is 18.4 Å². The van der Waals surface area contributed by atoms with Crippen molar-refractivity contribution in [1.82, 2.24) is 4.98 Å². The molecule has 0 spiro atoms. The highest BCUT2D eigenvalue weighted by Crippen LogP contribution is 2.34. The fourth-order valence-corrected chi connectivity index (χ4v) is 4.21. The summed E-state index contributed by atoms with van der Waals surface area (Å²) in [5.41, 5.74) is 4.75. The molecule has 160 valence electrons. The minimum atomic E-state index is -0.353. The summed E-state index contributed by atoms with van der Waals surface area (Å²) in [6.45, 7) is 0. The number of esters is 1. The van der Waals surface area contributed by atoms with E-state index in [-0.39, 0.29) is 5.97 Å². The Labute approximate surface area is 184 Å². The lowest BCUT2D eigenvalue weighted by atomic mass is 9.84. The molecule has 2 aromatic carbocycles. The van der Waals surface area contributed by atoms with Crippen molar-refractivity contribution in [1.29, 1.82) is 0 Å². The zero-order chi connectivity index (χ0) is 21.6. The molecular weight excluding hydrogens is 386 g/mol. The molecule has 1 aliphatic rings. The van der Waals surface area contributed by atoms with Crippen molar-refractivity contribution in [3.63, 3.8) is 0 Å². The van der Waals surface area contributed by atoms with Gasteiger partial charge in [-0.05, 0) is 66.8 Å². The van der Waals surface area contributed by atoms with E-state index in [9.17, 15) is 4.79 Å². The Morgan fingerprint density at radius 2 is 1.77 bits per heavy atom. The zero-order valence-corrected chi connectivity index (χ0v) is 18.2. The molecular formula is C26H29N3O2. The second-order valence-corrected chi connectivity index (χ2v) is 8.09. The Morgan fingerprint density at radius 3 is 2.45 bits per heavy atom. The van der Waals surface area contributed by atoms with Crippen LogP contribution in [0, 0.1) is 0 Å². The van der Waals surface area contributed by atoms with Gasteiger partial charge in [-0.1, -0.05) is 37.5 Å². The molecule has 1 fully saturated rings. The molecule has 5 heteroatoms. The lowest BCUT2D eigenvalue weighted by molar-refractivity contribution is 0.0601. The van der Waals surface area contributed by atoms with Crippen LogP contribution in [0.1, 0.15) is 53.9 Å². The average Bonchev–Trinajstić information content (AvgIpc) is 2.84. The molecule has 0 unspecified atom stereocenters. The summed E-state index contributed by atoms with van der Waals surface area (Å²) in [6, 6.07) is 20.1. The van der Waals surface area contributed by atoms with Gasteiger partial charge in [0.15, 0.2) is 0 Å². The number of hydrogen-bond acceptors (Lipinski definition) is 5. The second kappa shape index (κ2) is 9.65. The van der Waals surface area contributed by atoms with Crippen LogP contribution >= 0.6 is 0 Å². The topological polar surface area (TPSA) is 54.5 Å². The fraction of sp³-hybridized carbons (Fsp3) is 0.308. The first-order chi connectivity index (χ1) is 15.1. The smallest absolute Gasteiger partial charge is 0.337 e. The van der Waals surface area contributed by atoms with Crippen molar-refractivity contribution in [2.24, 2.45) is 0 Å². The summed E-state index contributed by atoms with van der Waals surface area (Å²) in [6.07, 6.45) is 8.51. The van der Waals surface area contributed by atoms with E-state index in [1.165, 1.54) is 44.8 Å². The maximum atomic E-state index is 11.7. The standard InChI is InChI=1S/C26H29N3O2/c1-29(24-14-11-20(12-15-24)19-7-4-3-5-8-19)25-16-13-23(18-27-25)28-22-10-6-9-21(17-22)26(30)31-2/h6,9-19,28H,3-5,7-8H2,1-2H3. The van der Waals surface area contributed by atoms with Crippen molar-refractivity contribution >= 4 is 28.8 Å². The first-order valence-corrected chi connectivity index (χ1v) is 10.9. The predicted octanol–water partition coefficient (Wildman–Crippen LogP) is 6.43. The molecule has 0 bridgehead atoms. The minimum Gasteiger partial charge on any atom is -0.465 e. The first-order valence-electron chi connectivity index (χ1n) is 10.9.